The first-order valence-corrected chi connectivity index (χ1v) is 9.98. The fraction of sp³-hybridized carbons (Fsp3) is 0.136. The number of anilines is 2. The SMILES string of the molecule is CNC(=O)c1cncc(Oc2ccc(NC(=O)Nc3ccc4c(c3)C(F)(F)OC(F)(F)O4)cc2F)c1. The highest BCUT2D eigenvalue weighted by Crippen LogP contribution is 2.46. The highest BCUT2D eigenvalue weighted by atomic mass is 19.3. The molecule has 0 spiro atoms. The molecule has 0 atom stereocenters. The van der Waals surface area contributed by atoms with Gasteiger partial charge in [0, 0.05) is 30.7 Å². The van der Waals surface area contributed by atoms with Gasteiger partial charge in [-0.1, -0.05) is 0 Å². The molecule has 2 aromatic carbocycles. The monoisotopic (exact) mass is 510 g/mol. The number of hydrogen-bond donors (Lipinski definition) is 3. The van der Waals surface area contributed by atoms with E-state index in [2.05, 4.69) is 30.4 Å². The molecule has 0 aliphatic carbocycles. The van der Waals surface area contributed by atoms with E-state index in [1.165, 1.54) is 37.6 Å². The number of carbonyl (C=O) groups excluding carboxylic acids is 2. The molecule has 0 radical (unpaired) electrons. The molecule has 3 aromatic rings. The topological polar surface area (TPSA) is 111 Å². The van der Waals surface area contributed by atoms with Crippen LogP contribution < -0.4 is 25.4 Å². The number of alkyl halides is 4. The van der Waals surface area contributed by atoms with Crippen molar-refractivity contribution in [1.82, 2.24) is 10.3 Å². The lowest BCUT2D eigenvalue weighted by molar-refractivity contribution is -0.461. The summed E-state index contributed by atoms with van der Waals surface area (Å²) in [4.78, 5) is 27.8. The van der Waals surface area contributed by atoms with Crippen molar-refractivity contribution in [3.05, 3.63) is 71.8 Å². The van der Waals surface area contributed by atoms with Gasteiger partial charge in [-0.25, -0.2) is 13.9 Å². The van der Waals surface area contributed by atoms with Gasteiger partial charge < -0.3 is 25.4 Å². The Balaban J connectivity index is 1.43. The molecule has 3 amide bonds. The van der Waals surface area contributed by atoms with Crippen molar-refractivity contribution < 1.29 is 45.8 Å². The minimum Gasteiger partial charge on any atom is -0.453 e. The highest BCUT2D eigenvalue weighted by Gasteiger charge is 2.54. The number of halogens is 5. The number of hydrogen-bond acceptors (Lipinski definition) is 6. The summed E-state index contributed by atoms with van der Waals surface area (Å²) in [6, 6.07) is 6.38. The Kier molecular flexibility index (Phi) is 6.37. The molecule has 188 valence electrons. The van der Waals surface area contributed by atoms with Crippen molar-refractivity contribution in [3.8, 4) is 17.2 Å². The number of ether oxygens (including phenoxy) is 3. The Morgan fingerprint density at radius 2 is 1.67 bits per heavy atom. The number of benzene rings is 2. The third kappa shape index (κ3) is 5.43. The van der Waals surface area contributed by atoms with Crippen molar-refractivity contribution >= 4 is 23.3 Å². The summed E-state index contributed by atoms with van der Waals surface area (Å²) in [7, 11) is 1.43. The molecule has 1 aromatic heterocycles. The second-order valence-corrected chi connectivity index (χ2v) is 7.21. The van der Waals surface area contributed by atoms with Crippen LogP contribution in [0, 0.1) is 5.82 Å². The first kappa shape index (κ1) is 24.7. The summed E-state index contributed by atoms with van der Waals surface area (Å²) >= 11 is 0. The molecular weight excluding hydrogens is 495 g/mol. The number of urea groups is 1. The van der Waals surface area contributed by atoms with Gasteiger partial charge in [-0.05, 0) is 36.4 Å². The average Bonchev–Trinajstić information content (AvgIpc) is 2.80. The van der Waals surface area contributed by atoms with Crippen LogP contribution in [0.15, 0.2) is 54.9 Å². The number of rotatable bonds is 5. The van der Waals surface area contributed by atoms with Gasteiger partial charge in [0.2, 0.25) is 0 Å². The molecule has 3 N–H and O–H groups in total. The predicted octanol–water partition coefficient (Wildman–Crippen LogP) is 5.03. The van der Waals surface area contributed by atoms with Crippen LogP contribution in [0.2, 0.25) is 0 Å². The van der Waals surface area contributed by atoms with Crippen LogP contribution in [-0.2, 0) is 10.8 Å². The van der Waals surface area contributed by atoms with E-state index in [4.69, 9.17) is 4.74 Å². The van der Waals surface area contributed by atoms with E-state index in [-0.39, 0.29) is 28.4 Å². The summed E-state index contributed by atoms with van der Waals surface area (Å²) in [6.45, 7) is 0. The number of amides is 3. The van der Waals surface area contributed by atoms with E-state index in [9.17, 15) is 31.5 Å². The molecule has 9 nitrogen and oxygen atoms in total. The lowest BCUT2D eigenvalue weighted by Gasteiger charge is -2.30. The summed E-state index contributed by atoms with van der Waals surface area (Å²) in [5.41, 5.74) is -1.05. The summed E-state index contributed by atoms with van der Waals surface area (Å²) in [5, 5.41) is 6.92. The van der Waals surface area contributed by atoms with Crippen molar-refractivity contribution in [2.75, 3.05) is 17.7 Å². The smallest absolute Gasteiger partial charge is 0.453 e. The molecule has 2 heterocycles. The molecule has 1 aliphatic rings. The minimum absolute atomic E-state index is 0.0239. The van der Waals surface area contributed by atoms with Gasteiger partial charge in [-0.2, -0.15) is 8.78 Å². The number of carbonyl (C=O) groups is 2. The second kappa shape index (κ2) is 9.30. The normalized spacial score (nSPS) is 15.2. The number of aromatic nitrogens is 1. The molecule has 1 aliphatic heterocycles. The highest BCUT2D eigenvalue weighted by molar-refractivity contribution is 6.00. The lowest BCUT2D eigenvalue weighted by Crippen LogP contribution is -2.41. The zero-order chi connectivity index (χ0) is 26.1. The zero-order valence-corrected chi connectivity index (χ0v) is 18.1. The van der Waals surface area contributed by atoms with Gasteiger partial charge in [-0.15, -0.1) is 8.78 Å². The van der Waals surface area contributed by atoms with Crippen LogP contribution in [0.1, 0.15) is 15.9 Å². The molecule has 0 bridgehead atoms. The lowest BCUT2D eigenvalue weighted by atomic mass is 10.1. The third-order valence-electron chi connectivity index (χ3n) is 4.65. The Labute approximate surface area is 199 Å². The number of nitrogens with one attached hydrogen (secondary N) is 3. The molecule has 4 rings (SSSR count). The van der Waals surface area contributed by atoms with Gasteiger partial charge in [-0.3, -0.25) is 9.78 Å². The molecule has 14 heteroatoms. The average molecular weight is 510 g/mol. The van der Waals surface area contributed by atoms with Crippen LogP contribution in [-0.4, -0.2) is 30.3 Å². The maximum Gasteiger partial charge on any atom is 0.540 e. The molecule has 36 heavy (non-hydrogen) atoms. The van der Waals surface area contributed by atoms with E-state index in [0.717, 1.165) is 18.2 Å². The van der Waals surface area contributed by atoms with Gasteiger partial charge >= 0.3 is 18.4 Å². The van der Waals surface area contributed by atoms with E-state index in [1.807, 2.05) is 0 Å². The van der Waals surface area contributed by atoms with E-state index in [1.54, 1.807) is 0 Å². The molecule has 0 unspecified atom stereocenters. The number of fused-ring (bicyclic) bond motifs is 1. The summed E-state index contributed by atoms with van der Waals surface area (Å²) < 4.78 is 81.3. The van der Waals surface area contributed by atoms with Crippen molar-refractivity contribution in [3.63, 3.8) is 0 Å². The largest absolute Gasteiger partial charge is 0.540 e. The molecular formula is C22H15F5N4O5. The number of nitrogens with zero attached hydrogens (tertiary/aromatic N) is 1. The Hall–Kier alpha value is -4.46. The molecule has 0 saturated heterocycles. The quantitative estimate of drug-likeness (QED) is 0.416. The minimum atomic E-state index is -4.52. The third-order valence-corrected chi connectivity index (χ3v) is 4.65. The maximum absolute atomic E-state index is 14.5. The second-order valence-electron chi connectivity index (χ2n) is 7.21. The summed E-state index contributed by atoms with van der Waals surface area (Å²) in [5.74, 6) is -2.26. The van der Waals surface area contributed by atoms with E-state index >= 15 is 0 Å². The molecule has 0 fully saturated rings. The number of pyridine rings is 1. The van der Waals surface area contributed by atoms with Crippen LogP contribution in [0.25, 0.3) is 0 Å². The van der Waals surface area contributed by atoms with Crippen molar-refractivity contribution in [2.24, 2.45) is 0 Å². The fourth-order valence-electron chi connectivity index (χ4n) is 3.10. The van der Waals surface area contributed by atoms with E-state index in [0.29, 0.717) is 6.07 Å². The zero-order valence-electron chi connectivity index (χ0n) is 18.1. The Morgan fingerprint density at radius 3 is 2.36 bits per heavy atom. The van der Waals surface area contributed by atoms with Crippen LogP contribution in [0.4, 0.5) is 38.1 Å². The first-order valence-electron chi connectivity index (χ1n) is 9.98. The van der Waals surface area contributed by atoms with Crippen molar-refractivity contribution in [2.45, 2.75) is 12.4 Å². The maximum atomic E-state index is 14.5. The first-order chi connectivity index (χ1) is 17.0. The van der Waals surface area contributed by atoms with Crippen LogP contribution in [0.3, 0.4) is 0 Å². The van der Waals surface area contributed by atoms with Gasteiger partial charge in [0.25, 0.3) is 5.91 Å². The Morgan fingerprint density at radius 1 is 0.972 bits per heavy atom. The Bertz CT molecular complexity index is 1340. The molecule has 0 saturated carbocycles. The van der Waals surface area contributed by atoms with Gasteiger partial charge in [0.1, 0.15) is 11.5 Å². The summed E-state index contributed by atoms with van der Waals surface area (Å²) in [6.07, 6.45) is -6.33. The van der Waals surface area contributed by atoms with Crippen LogP contribution in [0.5, 0.6) is 17.2 Å². The predicted molar refractivity (Wildman–Crippen MR) is 114 cm³/mol. The van der Waals surface area contributed by atoms with Gasteiger partial charge in [0.15, 0.2) is 11.6 Å². The van der Waals surface area contributed by atoms with Crippen LogP contribution >= 0.6 is 0 Å². The van der Waals surface area contributed by atoms with Crippen molar-refractivity contribution in [1.29, 1.82) is 0 Å². The van der Waals surface area contributed by atoms with Gasteiger partial charge in [0.05, 0.1) is 17.3 Å². The van der Waals surface area contributed by atoms with E-state index < -0.39 is 41.5 Å². The standard InChI is InChI=1S/C22H15F5N4O5/c1-28-19(32)11-6-14(10-29-9-11)34-18-5-3-13(8-16(18)23)31-20(33)30-12-2-4-17-15(7-12)21(24,25)36-22(26,27)35-17/h2-10H,1H3,(H,28,32)(H2,30,31,33). The fourth-order valence-corrected chi connectivity index (χ4v) is 3.10.